The molecule has 0 amide bonds. The molecule has 15 heavy (non-hydrogen) atoms. The van der Waals surface area contributed by atoms with Crippen molar-refractivity contribution in [2.45, 2.75) is 6.92 Å². The van der Waals surface area contributed by atoms with Crippen molar-refractivity contribution in [3.8, 4) is 0 Å². The second-order valence-electron chi connectivity index (χ2n) is 3.12. The van der Waals surface area contributed by atoms with Crippen LogP contribution in [0.1, 0.15) is 22.8 Å². The maximum Gasteiger partial charge on any atom is 0.336 e. The Morgan fingerprint density at radius 2 is 2.20 bits per heavy atom. The Morgan fingerprint density at radius 3 is 2.67 bits per heavy atom. The fourth-order valence-corrected chi connectivity index (χ4v) is 1.23. The molecule has 0 atom stereocenters. The lowest BCUT2D eigenvalue weighted by Gasteiger charge is -2.05. The lowest BCUT2D eigenvalue weighted by Crippen LogP contribution is -2.00. The van der Waals surface area contributed by atoms with E-state index in [-0.39, 0.29) is 0 Å². The normalized spacial score (nSPS) is 9.13. The zero-order chi connectivity index (χ0) is 11.4. The minimum absolute atomic E-state index is 0.383. The van der Waals surface area contributed by atoms with Crippen LogP contribution in [0.5, 0.6) is 0 Å². The van der Waals surface area contributed by atoms with Gasteiger partial charge in [0.25, 0.3) is 0 Å². The number of hydrogen-bond donors (Lipinski definition) is 0. The standard InChI is InChI=1S/C12H11NO2/c1-8(2)10-6-5-9(12(14)15-4)7-11(10)13-3/h5-7H,1H2,2,4H3. The summed E-state index contributed by atoms with van der Waals surface area (Å²) >= 11 is 0. The molecule has 0 N–H and O–H groups in total. The number of esters is 1. The highest BCUT2D eigenvalue weighted by atomic mass is 16.5. The Labute approximate surface area is 88.8 Å². The molecule has 0 heterocycles. The molecule has 0 spiro atoms. The second-order valence-corrected chi connectivity index (χ2v) is 3.12. The van der Waals surface area contributed by atoms with Crippen LogP contribution < -0.4 is 0 Å². The first-order valence-corrected chi connectivity index (χ1v) is 4.36. The fraction of sp³-hybridized carbons (Fsp3) is 0.167. The summed E-state index contributed by atoms with van der Waals surface area (Å²) in [6, 6.07) is 4.86. The number of carbonyl (C=O) groups is 1. The third kappa shape index (κ3) is 2.23. The minimum Gasteiger partial charge on any atom is -0.465 e. The van der Waals surface area contributed by atoms with E-state index in [9.17, 15) is 4.79 Å². The number of benzene rings is 1. The second kappa shape index (κ2) is 4.43. The Balaban J connectivity index is 3.27. The summed E-state index contributed by atoms with van der Waals surface area (Å²) < 4.78 is 4.57. The van der Waals surface area contributed by atoms with Crippen LogP contribution >= 0.6 is 0 Å². The van der Waals surface area contributed by atoms with E-state index in [2.05, 4.69) is 16.2 Å². The van der Waals surface area contributed by atoms with E-state index < -0.39 is 5.97 Å². The van der Waals surface area contributed by atoms with Crippen LogP contribution in [-0.4, -0.2) is 13.1 Å². The molecule has 0 saturated heterocycles. The van der Waals surface area contributed by atoms with Crippen LogP contribution in [0.3, 0.4) is 0 Å². The van der Waals surface area contributed by atoms with E-state index in [1.54, 1.807) is 12.1 Å². The Bertz CT molecular complexity index is 455. The summed E-state index contributed by atoms with van der Waals surface area (Å²) in [6.45, 7) is 12.6. The number of nitrogens with zero attached hydrogens (tertiary/aromatic N) is 1. The van der Waals surface area contributed by atoms with Crippen molar-refractivity contribution in [2.24, 2.45) is 0 Å². The molecule has 0 saturated carbocycles. The fourth-order valence-electron chi connectivity index (χ4n) is 1.23. The third-order valence-electron chi connectivity index (χ3n) is 2.00. The van der Waals surface area contributed by atoms with Gasteiger partial charge in [0.1, 0.15) is 0 Å². The van der Waals surface area contributed by atoms with E-state index >= 15 is 0 Å². The van der Waals surface area contributed by atoms with Gasteiger partial charge in [0.2, 0.25) is 0 Å². The van der Waals surface area contributed by atoms with Gasteiger partial charge in [-0.2, -0.15) is 0 Å². The van der Waals surface area contributed by atoms with E-state index in [4.69, 9.17) is 6.57 Å². The van der Waals surface area contributed by atoms with Gasteiger partial charge in [-0.15, -0.1) is 0 Å². The molecular weight excluding hydrogens is 190 g/mol. The molecule has 3 nitrogen and oxygen atoms in total. The maximum atomic E-state index is 11.2. The molecule has 0 radical (unpaired) electrons. The van der Waals surface area contributed by atoms with E-state index in [0.717, 1.165) is 11.1 Å². The van der Waals surface area contributed by atoms with Gasteiger partial charge in [-0.1, -0.05) is 18.2 Å². The molecule has 0 aliphatic carbocycles. The molecule has 76 valence electrons. The monoisotopic (exact) mass is 201 g/mol. The van der Waals surface area contributed by atoms with Crippen molar-refractivity contribution in [3.63, 3.8) is 0 Å². The zero-order valence-corrected chi connectivity index (χ0v) is 8.70. The van der Waals surface area contributed by atoms with E-state index in [1.165, 1.54) is 13.2 Å². The van der Waals surface area contributed by atoms with Crippen molar-refractivity contribution >= 4 is 17.2 Å². The molecule has 0 aliphatic heterocycles. The van der Waals surface area contributed by atoms with Gasteiger partial charge < -0.3 is 4.74 Å². The predicted molar refractivity (Wildman–Crippen MR) is 58.8 cm³/mol. The Kier molecular flexibility index (Phi) is 3.25. The highest BCUT2D eigenvalue weighted by Gasteiger charge is 2.09. The highest BCUT2D eigenvalue weighted by molar-refractivity contribution is 5.92. The summed E-state index contributed by atoms with van der Waals surface area (Å²) in [4.78, 5) is 14.6. The predicted octanol–water partition coefficient (Wildman–Crippen LogP) is 3.06. The number of allylic oxidation sites excluding steroid dienone is 1. The van der Waals surface area contributed by atoms with Crippen molar-refractivity contribution < 1.29 is 9.53 Å². The summed E-state index contributed by atoms with van der Waals surface area (Å²) in [5, 5.41) is 0. The molecular formula is C12H11NO2. The quantitative estimate of drug-likeness (QED) is 0.543. The van der Waals surface area contributed by atoms with Crippen molar-refractivity contribution in [2.75, 3.05) is 7.11 Å². The lowest BCUT2D eigenvalue weighted by molar-refractivity contribution is 0.0601. The van der Waals surface area contributed by atoms with Crippen LogP contribution in [-0.2, 0) is 4.74 Å². The SMILES string of the molecule is [C-]#[N+]c1cc(C(=O)OC)ccc1C(=C)C. The number of rotatable bonds is 2. The maximum absolute atomic E-state index is 11.2. The van der Waals surface area contributed by atoms with Gasteiger partial charge in [-0.3, -0.25) is 0 Å². The average Bonchev–Trinajstić information content (AvgIpc) is 2.26. The van der Waals surface area contributed by atoms with Crippen LogP contribution in [0, 0.1) is 6.57 Å². The van der Waals surface area contributed by atoms with Gasteiger partial charge in [0.15, 0.2) is 5.69 Å². The molecule has 0 aliphatic rings. The summed E-state index contributed by atoms with van der Waals surface area (Å²) in [5.41, 5.74) is 2.37. The Morgan fingerprint density at radius 1 is 1.53 bits per heavy atom. The summed E-state index contributed by atoms with van der Waals surface area (Å²) in [5.74, 6) is -0.437. The van der Waals surface area contributed by atoms with Crippen LogP contribution in [0.4, 0.5) is 5.69 Å². The number of hydrogen-bond acceptors (Lipinski definition) is 2. The molecule has 0 unspecified atom stereocenters. The third-order valence-corrected chi connectivity index (χ3v) is 2.00. The molecule has 0 bridgehead atoms. The van der Waals surface area contributed by atoms with Gasteiger partial charge in [-0.05, 0) is 24.6 Å². The van der Waals surface area contributed by atoms with Gasteiger partial charge in [-0.25, -0.2) is 9.64 Å². The molecule has 0 aromatic heterocycles. The molecule has 0 fully saturated rings. The molecule has 1 aromatic rings. The van der Waals surface area contributed by atoms with Gasteiger partial charge >= 0.3 is 5.97 Å². The van der Waals surface area contributed by atoms with Crippen LogP contribution in [0.25, 0.3) is 10.4 Å². The number of ether oxygens (including phenoxy) is 1. The summed E-state index contributed by atoms with van der Waals surface area (Å²) in [7, 11) is 1.31. The number of carbonyl (C=O) groups excluding carboxylic acids is 1. The topological polar surface area (TPSA) is 30.7 Å². The molecule has 1 aromatic carbocycles. The zero-order valence-electron chi connectivity index (χ0n) is 8.70. The van der Waals surface area contributed by atoms with Crippen molar-refractivity contribution in [1.29, 1.82) is 0 Å². The minimum atomic E-state index is -0.437. The van der Waals surface area contributed by atoms with Crippen LogP contribution in [0.2, 0.25) is 0 Å². The molecule has 1 rings (SSSR count). The van der Waals surface area contributed by atoms with Crippen LogP contribution in [0.15, 0.2) is 24.8 Å². The van der Waals surface area contributed by atoms with E-state index in [1.807, 2.05) is 6.92 Å². The summed E-state index contributed by atoms with van der Waals surface area (Å²) in [6.07, 6.45) is 0. The number of methoxy groups -OCH3 is 1. The van der Waals surface area contributed by atoms with Gasteiger partial charge in [0.05, 0.1) is 13.7 Å². The van der Waals surface area contributed by atoms with Crippen molar-refractivity contribution in [3.05, 3.63) is 47.3 Å². The first-order chi connectivity index (χ1) is 7.10. The largest absolute Gasteiger partial charge is 0.465 e. The first kappa shape index (κ1) is 11.0. The average molecular weight is 201 g/mol. The first-order valence-electron chi connectivity index (χ1n) is 4.36. The van der Waals surface area contributed by atoms with Crippen molar-refractivity contribution in [1.82, 2.24) is 0 Å². The highest BCUT2D eigenvalue weighted by Crippen LogP contribution is 2.26. The lowest BCUT2D eigenvalue weighted by atomic mass is 10.0. The molecule has 3 heteroatoms. The smallest absolute Gasteiger partial charge is 0.336 e. The van der Waals surface area contributed by atoms with E-state index in [0.29, 0.717) is 11.3 Å². The van der Waals surface area contributed by atoms with Gasteiger partial charge in [0, 0.05) is 5.56 Å². The Hall–Kier alpha value is -2.08.